The van der Waals surface area contributed by atoms with Crippen molar-refractivity contribution < 1.29 is 75.8 Å². The van der Waals surface area contributed by atoms with Crippen molar-refractivity contribution in [2.75, 3.05) is 39.6 Å². The Hall–Kier alpha value is -4.57. The molecular formula is C87H148O16P2. The molecule has 105 heavy (non-hydrogen) atoms. The van der Waals surface area contributed by atoms with Crippen LogP contribution < -0.4 is 0 Å². The van der Waals surface area contributed by atoms with Crippen molar-refractivity contribution in [3.05, 3.63) is 146 Å². The number of phosphoric ester groups is 2. The lowest BCUT2D eigenvalue weighted by Crippen LogP contribution is -2.30. The summed E-state index contributed by atoms with van der Waals surface area (Å²) in [6.07, 6.45) is 97.8. The maximum atomic E-state index is 12.9. The minimum atomic E-state index is -4.95. The van der Waals surface area contributed by atoms with Gasteiger partial charge >= 0.3 is 33.6 Å². The zero-order valence-corrected chi connectivity index (χ0v) is 67.6. The summed E-state index contributed by atoms with van der Waals surface area (Å²) in [6, 6.07) is 0. The number of aliphatic hydroxyl groups is 2. The highest BCUT2D eigenvalue weighted by Crippen LogP contribution is 2.45. The Kier molecular flexibility index (Phi) is 75.6. The van der Waals surface area contributed by atoms with E-state index in [0.29, 0.717) is 19.3 Å². The van der Waals surface area contributed by atoms with E-state index in [1.165, 1.54) is 128 Å². The molecule has 0 bridgehead atoms. The number of hydrogen-bond acceptors (Lipinski definition) is 14. The number of ether oxygens (including phenoxy) is 3. The molecule has 0 aromatic carbocycles. The maximum absolute atomic E-state index is 12.9. The van der Waals surface area contributed by atoms with Crippen LogP contribution in [-0.2, 0) is 55.8 Å². The van der Waals surface area contributed by atoms with Crippen LogP contribution in [0.25, 0.3) is 0 Å². The molecule has 0 spiro atoms. The minimum Gasteiger partial charge on any atom is -0.463 e. The van der Waals surface area contributed by atoms with Gasteiger partial charge in [-0.15, -0.1) is 0 Å². The fourth-order valence-corrected chi connectivity index (χ4v) is 12.4. The number of aliphatic hydroxyl groups excluding tert-OH is 2. The fourth-order valence-electron chi connectivity index (χ4n) is 10.8. The van der Waals surface area contributed by atoms with Crippen LogP contribution in [0.3, 0.4) is 0 Å². The number of allylic oxidation sites excluding steroid dienone is 24. The first-order chi connectivity index (χ1) is 51.2. The molecule has 5 atom stereocenters. The number of unbranched alkanes of at least 4 members (excludes halogenated alkanes) is 30. The second kappa shape index (κ2) is 79.0. The zero-order chi connectivity index (χ0) is 76.6. The summed E-state index contributed by atoms with van der Waals surface area (Å²) in [5.74, 6) is -1.63. The lowest BCUT2D eigenvalue weighted by molar-refractivity contribution is -0.161. The van der Waals surface area contributed by atoms with Gasteiger partial charge in [-0.25, -0.2) is 9.13 Å². The van der Waals surface area contributed by atoms with Crippen LogP contribution in [0, 0.1) is 0 Å². The summed E-state index contributed by atoms with van der Waals surface area (Å²) >= 11 is 0. The summed E-state index contributed by atoms with van der Waals surface area (Å²) in [4.78, 5) is 58.6. The average molecular weight is 1510 g/mol. The van der Waals surface area contributed by atoms with E-state index < -0.39 is 91.5 Å². The smallest absolute Gasteiger partial charge is 0.463 e. The van der Waals surface area contributed by atoms with E-state index in [2.05, 4.69) is 167 Å². The standard InChI is InChI=1S/C87H148O16P2/c1-4-7-10-13-16-19-22-25-28-30-32-33-34-35-36-37-38-39-40-41-42-43-44-45-46-47-49-51-53-55-58-61-64-67-70-73-85(90)97-76-82(88)77-99-104(93,94)100-78-83(89)79-101-105(95,96)102-81-84(103-87(92)75-72-69-66-63-60-57-52-27-24-21-18-15-12-9-6-3)80-98-86(91)74-71-68-65-62-59-56-54-50-48-31-29-26-23-20-17-14-11-8-5-2/h8-9,11-12,16-21,25-29,32-33,35-36,48,50,52,56,59,82-84,88-89H,4-7,10,13-15,22-24,30-31,34,37-47,49,51,53-55,57-58,60-81H2,1-3H3,(H,93,94)(H,95,96)/b11-8-,12-9-,19-16-,20-17-,21-18-,28-25-,29-26-,33-32-,36-35-,50-48-,52-27-,59-56-. The van der Waals surface area contributed by atoms with Gasteiger partial charge in [0.1, 0.15) is 25.4 Å². The molecule has 0 aliphatic carbocycles. The maximum Gasteiger partial charge on any atom is 0.472 e. The van der Waals surface area contributed by atoms with Gasteiger partial charge in [0.15, 0.2) is 6.10 Å². The van der Waals surface area contributed by atoms with E-state index in [-0.39, 0.29) is 19.3 Å². The Bertz CT molecular complexity index is 2490. The minimum absolute atomic E-state index is 0.0736. The third-order valence-electron chi connectivity index (χ3n) is 17.0. The van der Waals surface area contributed by atoms with Gasteiger partial charge in [0.05, 0.1) is 26.4 Å². The molecule has 0 fully saturated rings. The number of carbonyl (C=O) groups excluding carboxylic acids is 3. The Morgan fingerprint density at radius 3 is 0.810 bits per heavy atom. The van der Waals surface area contributed by atoms with E-state index in [1.807, 2.05) is 0 Å². The fraction of sp³-hybridized carbons (Fsp3) is 0.690. The Labute approximate surface area is 638 Å². The molecule has 0 rings (SSSR count). The number of carbonyl (C=O) groups is 3. The van der Waals surface area contributed by atoms with Crippen molar-refractivity contribution in [1.29, 1.82) is 0 Å². The van der Waals surface area contributed by atoms with Crippen molar-refractivity contribution in [3.63, 3.8) is 0 Å². The van der Waals surface area contributed by atoms with Gasteiger partial charge in [-0.05, 0) is 141 Å². The van der Waals surface area contributed by atoms with Gasteiger partial charge in [-0.1, -0.05) is 314 Å². The first-order valence-electron chi connectivity index (χ1n) is 41.1. The van der Waals surface area contributed by atoms with Crippen molar-refractivity contribution >= 4 is 33.6 Å². The van der Waals surface area contributed by atoms with Crippen molar-refractivity contribution in [2.24, 2.45) is 0 Å². The molecule has 0 aliphatic rings. The molecule has 0 aromatic rings. The monoisotopic (exact) mass is 1510 g/mol. The predicted molar refractivity (Wildman–Crippen MR) is 436 cm³/mol. The van der Waals surface area contributed by atoms with Crippen LogP contribution in [0.2, 0.25) is 0 Å². The molecule has 18 heteroatoms. The van der Waals surface area contributed by atoms with Gasteiger partial charge in [-0.3, -0.25) is 32.5 Å². The summed E-state index contributed by atoms with van der Waals surface area (Å²) < 4.78 is 61.1. The quantitative estimate of drug-likeness (QED) is 0.0146. The van der Waals surface area contributed by atoms with Crippen LogP contribution in [0.15, 0.2) is 146 Å². The molecular weight excluding hydrogens is 1360 g/mol. The Balaban J connectivity index is 4.43. The van der Waals surface area contributed by atoms with Gasteiger partial charge < -0.3 is 34.2 Å². The van der Waals surface area contributed by atoms with Crippen molar-refractivity contribution in [3.8, 4) is 0 Å². The molecule has 0 saturated heterocycles. The molecule has 0 radical (unpaired) electrons. The lowest BCUT2D eigenvalue weighted by atomic mass is 10.0. The van der Waals surface area contributed by atoms with Crippen LogP contribution in [-0.4, -0.2) is 95.9 Å². The van der Waals surface area contributed by atoms with Crippen molar-refractivity contribution in [2.45, 2.75) is 347 Å². The van der Waals surface area contributed by atoms with Gasteiger partial charge in [0.25, 0.3) is 0 Å². The first-order valence-corrected chi connectivity index (χ1v) is 44.1. The zero-order valence-electron chi connectivity index (χ0n) is 65.9. The van der Waals surface area contributed by atoms with E-state index in [4.69, 9.17) is 32.3 Å². The molecule has 16 nitrogen and oxygen atoms in total. The van der Waals surface area contributed by atoms with Crippen molar-refractivity contribution in [1.82, 2.24) is 0 Å². The van der Waals surface area contributed by atoms with E-state index in [1.54, 1.807) is 0 Å². The van der Waals surface area contributed by atoms with Crippen LogP contribution in [0.1, 0.15) is 329 Å². The molecule has 602 valence electrons. The number of rotatable bonds is 77. The molecule has 0 aliphatic heterocycles. The topological polar surface area (TPSA) is 231 Å². The van der Waals surface area contributed by atoms with Gasteiger partial charge in [0, 0.05) is 19.3 Å². The van der Waals surface area contributed by atoms with Gasteiger partial charge in [-0.2, -0.15) is 0 Å². The summed E-state index contributed by atoms with van der Waals surface area (Å²) in [6.45, 7) is 2.37. The largest absolute Gasteiger partial charge is 0.472 e. The third-order valence-corrected chi connectivity index (χ3v) is 18.9. The molecule has 5 unspecified atom stereocenters. The Morgan fingerprint density at radius 1 is 0.276 bits per heavy atom. The highest BCUT2D eigenvalue weighted by atomic mass is 31.2. The third kappa shape index (κ3) is 80.3. The van der Waals surface area contributed by atoms with E-state index in [9.17, 15) is 43.5 Å². The molecule has 0 saturated carbocycles. The van der Waals surface area contributed by atoms with E-state index in [0.717, 1.165) is 141 Å². The summed E-state index contributed by atoms with van der Waals surface area (Å²) in [7, 11) is -9.81. The molecule has 4 N–H and O–H groups in total. The summed E-state index contributed by atoms with van der Waals surface area (Å²) in [5.41, 5.74) is 0. The SMILES string of the molecule is CC/C=C\C/C=C\C/C=C\C/C=C\C/C=C\CCCCCC(=O)OCC(COP(=O)(O)OCC(O)COP(=O)(O)OCC(O)COC(=O)CCCCCCCCCCCCCCCCCCCCC/C=C\C/C=C\C/C=C\C/C=C\CCCCC)OC(=O)CCCCCCC/C=C\C/C=C\C/C=C\CC. The number of esters is 3. The van der Waals surface area contributed by atoms with Crippen LogP contribution in [0.5, 0.6) is 0 Å². The van der Waals surface area contributed by atoms with Crippen LogP contribution >= 0.6 is 15.6 Å². The molecule has 0 heterocycles. The molecule has 0 aromatic heterocycles. The highest BCUT2D eigenvalue weighted by molar-refractivity contribution is 7.47. The van der Waals surface area contributed by atoms with Gasteiger partial charge in [0.2, 0.25) is 0 Å². The second-order valence-corrected chi connectivity index (χ2v) is 30.1. The number of hydrogen-bond donors (Lipinski definition) is 4. The second-order valence-electron chi connectivity index (χ2n) is 27.2. The average Bonchev–Trinajstić information content (AvgIpc) is 0.913. The molecule has 0 amide bonds. The lowest BCUT2D eigenvalue weighted by Gasteiger charge is -2.21. The highest BCUT2D eigenvalue weighted by Gasteiger charge is 2.29. The summed E-state index contributed by atoms with van der Waals surface area (Å²) in [5, 5.41) is 20.6. The number of phosphoric acid groups is 2. The van der Waals surface area contributed by atoms with Crippen LogP contribution in [0.4, 0.5) is 0 Å². The normalized spacial score (nSPS) is 14.7. The Morgan fingerprint density at radius 2 is 0.505 bits per heavy atom. The first kappa shape index (κ1) is 100. The van der Waals surface area contributed by atoms with E-state index >= 15 is 0 Å². The predicted octanol–water partition coefficient (Wildman–Crippen LogP) is 24.4.